The van der Waals surface area contributed by atoms with Crippen LogP contribution in [0.15, 0.2) is 39.0 Å². The Morgan fingerprint density at radius 1 is 1.33 bits per heavy atom. The fourth-order valence-electron chi connectivity index (χ4n) is 1.70. The maximum absolute atomic E-state index is 12.3. The molecular weight excluding hydrogens is 351 g/mol. The molecule has 0 aliphatic rings. The minimum absolute atomic E-state index is 0.0302. The quantitative estimate of drug-likeness (QED) is 0.554. The number of nitrogens with zero attached hydrogens (tertiary/aromatic N) is 4. The van der Waals surface area contributed by atoms with Gasteiger partial charge in [-0.1, -0.05) is 49.1 Å². The highest BCUT2D eigenvalue weighted by Gasteiger charge is 2.26. The molecule has 0 bridgehead atoms. The van der Waals surface area contributed by atoms with Crippen molar-refractivity contribution in [2.45, 2.75) is 32.2 Å². The van der Waals surface area contributed by atoms with Crippen molar-refractivity contribution in [3.05, 3.63) is 45.8 Å². The van der Waals surface area contributed by atoms with E-state index >= 15 is 0 Å². The van der Waals surface area contributed by atoms with Gasteiger partial charge in [0, 0.05) is 16.5 Å². The number of Topliss-reactive ketones (excluding diaryl/α,β-unsaturated/α-hetero) is 1. The number of carbonyl (C=O) groups is 1. The van der Waals surface area contributed by atoms with E-state index in [-0.39, 0.29) is 16.8 Å². The third-order valence-corrected chi connectivity index (χ3v) is 3.62. The first-order chi connectivity index (χ1) is 11.2. The Morgan fingerprint density at radius 2 is 2.04 bits per heavy atom. The van der Waals surface area contributed by atoms with Gasteiger partial charge >= 0.3 is 0 Å². The Balaban J connectivity index is 2.24. The molecular formula is C16H14Cl2N4O2. The summed E-state index contributed by atoms with van der Waals surface area (Å²) in [5, 5.41) is 21.2. The molecule has 8 heteroatoms. The van der Waals surface area contributed by atoms with Gasteiger partial charge in [0.2, 0.25) is 11.8 Å². The summed E-state index contributed by atoms with van der Waals surface area (Å²) in [6, 6.07) is 6.58. The lowest BCUT2D eigenvalue weighted by Gasteiger charge is -2.12. The number of azo groups is 1. The lowest BCUT2D eigenvalue weighted by atomic mass is 9.93. The van der Waals surface area contributed by atoms with Crippen LogP contribution in [-0.2, 0) is 5.41 Å². The first-order valence-electron chi connectivity index (χ1n) is 6.99. The van der Waals surface area contributed by atoms with E-state index in [1.54, 1.807) is 18.2 Å². The summed E-state index contributed by atoms with van der Waals surface area (Å²) in [5.74, 6) is -0.0592. The van der Waals surface area contributed by atoms with Crippen molar-refractivity contribution in [3.8, 4) is 6.07 Å². The van der Waals surface area contributed by atoms with Crippen LogP contribution in [0.2, 0.25) is 10.0 Å². The van der Waals surface area contributed by atoms with Crippen LogP contribution in [0, 0.1) is 11.3 Å². The summed E-state index contributed by atoms with van der Waals surface area (Å²) < 4.78 is 5.15. The molecule has 1 atom stereocenters. The Morgan fingerprint density at radius 3 is 2.62 bits per heavy atom. The third kappa shape index (κ3) is 4.19. The van der Waals surface area contributed by atoms with E-state index in [2.05, 4.69) is 15.4 Å². The fourth-order valence-corrected chi connectivity index (χ4v) is 2.03. The fraction of sp³-hybridized carbons (Fsp3) is 0.312. The molecule has 1 aromatic carbocycles. The highest BCUT2D eigenvalue weighted by atomic mass is 35.5. The van der Waals surface area contributed by atoms with Crippen LogP contribution in [0.25, 0.3) is 0 Å². The number of aromatic nitrogens is 1. The van der Waals surface area contributed by atoms with Gasteiger partial charge in [0.1, 0.15) is 17.5 Å². The van der Waals surface area contributed by atoms with Gasteiger partial charge in [0.25, 0.3) is 0 Å². The topological polar surface area (TPSA) is 91.6 Å². The van der Waals surface area contributed by atoms with Crippen molar-refractivity contribution in [3.63, 3.8) is 0 Å². The van der Waals surface area contributed by atoms with E-state index in [1.807, 2.05) is 20.8 Å². The minimum Gasteiger partial charge on any atom is -0.360 e. The molecule has 0 spiro atoms. The molecule has 1 heterocycles. The SMILES string of the molecule is CC(C)(C)c1cc(C(=O)C(C#N)N=Nc2cc(Cl)ccc2Cl)no1. The summed E-state index contributed by atoms with van der Waals surface area (Å²) in [6.07, 6.45) is 0. The van der Waals surface area contributed by atoms with Crippen LogP contribution < -0.4 is 0 Å². The van der Waals surface area contributed by atoms with E-state index in [1.165, 1.54) is 12.1 Å². The summed E-state index contributed by atoms with van der Waals surface area (Å²) in [7, 11) is 0. The van der Waals surface area contributed by atoms with Crippen LogP contribution in [0.3, 0.4) is 0 Å². The number of hydrogen-bond donors (Lipinski definition) is 0. The van der Waals surface area contributed by atoms with Gasteiger partial charge in [-0.2, -0.15) is 15.5 Å². The number of ketones is 1. The molecule has 0 saturated heterocycles. The van der Waals surface area contributed by atoms with Gasteiger partial charge < -0.3 is 4.52 Å². The molecule has 124 valence electrons. The Kier molecular flexibility index (Phi) is 5.37. The first-order valence-corrected chi connectivity index (χ1v) is 7.75. The molecule has 1 unspecified atom stereocenters. The maximum Gasteiger partial charge on any atom is 0.225 e. The monoisotopic (exact) mass is 364 g/mol. The van der Waals surface area contributed by atoms with Crippen LogP contribution in [-0.4, -0.2) is 17.0 Å². The van der Waals surface area contributed by atoms with Gasteiger partial charge in [0.05, 0.1) is 5.02 Å². The zero-order chi connectivity index (χ0) is 17.9. The van der Waals surface area contributed by atoms with E-state index in [0.717, 1.165) is 0 Å². The molecule has 24 heavy (non-hydrogen) atoms. The standard InChI is InChI=1S/C16H14Cl2N4O2/c1-16(2,3)14-7-12(22-24-14)15(23)13(8-19)21-20-11-6-9(17)4-5-10(11)18/h4-7,13H,1-3H3. The molecule has 1 aromatic heterocycles. The molecule has 0 saturated carbocycles. The van der Waals surface area contributed by atoms with Crippen molar-refractivity contribution < 1.29 is 9.32 Å². The number of halogens is 2. The molecule has 0 aliphatic heterocycles. The van der Waals surface area contributed by atoms with E-state index in [0.29, 0.717) is 15.8 Å². The van der Waals surface area contributed by atoms with Crippen molar-refractivity contribution in [2.75, 3.05) is 0 Å². The molecule has 0 radical (unpaired) electrons. The van der Waals surface area contributed by atoms with Gasteiger partial charge in [-0.15, -0.1) is 0 Å². The van der Waals surface area contributed by atoms with E-state index in [9.17, 15) is 10.1 Å². The summed E-state index contributed by atoms with van der Waals surface area (Å²) in [6.45, 7) is 5.76. The summed E-state index contributed by atoms with van der Waals surface area (Å²) >= 11 is 11.8. The van der Waals surface area contributed by atoms with Crippen LogP contribution in [0.1, 0.15) is 37.0 Å². The predicted molar refractivity (Wildman–Crippen MR) is 89.9 cm³/mol. The molecule has 0 aliphatic carbocycles. The highest BCUT2D eigenvalue weighted by molar-refractivity contribution is 6.35. The molecule has 0 N–H and O–H groups in total. The maximum atomic E-state index is 12.3. The highest BCUT2D eigenvalue weighted by Crippen LogP contribution is 2.29. The van der Waals surface area contributed by atoms with Gasteiger partial charge in [-0.3, -0.25) is 4.79 Å². The van der Waals surface area contributed by atoms with Crippen molar-refractivity contribution in [1.29, 1.82) is 5.26 Å². The minimum atomic E-state index is -1.35. The molecule has 0 fully saturated rings. The lowest BCUT2D eigenvalue weighted by Crippen LogP contribution is -2.16. The average Bonchev–Trinajstić information content (AvgIpc) is 3.01. The van der Waals surface area contributed by atoms with Gasteiger partial charge in [-0.25, -0.2) is 0 Å². The Labute approximate surface area is 149 Å². The molecule has 0 amide bonds. The molecule has 6 nitrogen and oxygen atoms in total. The van der Waals surface area contributed by atoms with Crippen LogP contribution in [0.5, 0.6) is 0 Å². The number of hydrogen-bond acceptors (Lipinski definition) is 6. The van der Waals surface area contributed by atoms with Gasteiger partial charge in [-0.05, 0) is 18.2 Å². The number of carbonyl (C=O) groups excluding carboxylic acids is 1. The average molecular weight is 365 g/mol. The largest absolute Gasteiger partial charge is 0.360 e. The summed E-state index contributed by atoms with van der Waals surface area (Å²) in [4.78, 5) is 12.3. The smallest absolute Gasteiger partial charge is 0.225 e. The third-order valence-electron chi connectivity index (χ3n) is 3.06. The van der Waals surface area contributed by atoms with Crippen LogP contribution >= 0.6 is 23.2 Å². The molecule has 2 aromatic rings. The van der Waals surface area contributed by atoms with E-state index in [4.69, 9.17) is 27.7 Å². The van der Waals surface area contributed by atoms with Crippen molar-refractivity contribution in [2.24, 2.45) is 10.2 Å². The Bertz CT molecular complexity index is 831. The first kappa shape index (κ1) is 18.1. The zero-order valence-electron chi connectivity index (χ0n) is 13.2. The molecule has 2 rings (SSSR count). The summed E-state index contributed by atoms with van der Waals surface area (Å²) in [5.41, 5.74) is -0.000818. The zero-order valence-corrected chi connectivity index (χ0v) is 14.8. The second-order valence-electron chi connectivity index (χ2n) is 6.03. The van der Waals surface area contributed by atoms with Crippen LogP contribution in [0.4, 0.5) is 5.69 Å². The van der Waals surface area contributed by atoms with Crippen molar-refractivity contribution in [1.82, 2.24) is 5.16 Å². The van der Waals surface area contributed by atoms with Gasteiger partial charge in [0.15, 0.2) is 5.69 Å². The normalized spacial score (nSPS) is 13.0. The second kappa shape index (κ2) is 7.12. The Hall–Kier alpha value is -2.23. The number of rotatable bonds is 4. The second-order valence-corrected chi connectivity index (χ2v) is 6.88. The number of benzene rings is 1. The van der Waals surface area contributed by atoms with E-state index < -0.39 is 11.8 Å². The number of nitriles is 1. The van der Waals surface area contributed by atoms with Crippen molar-refractivity contribution >= 4 is 34.7 Å². The lowest BCUT2D eigenvalue weighted by molar-refractivity contribution is 0.0970. The predicted octanol–water partition coefficient (Wildman–Crippen LogP) is 5.14.